The molecule has 0 atom stereocenters. The van der Waals surface area contributed by atoms with Gasteiger partial charge < -0.3 is 9.62 Å². The number of rotatable bonds is 1. The van der Waals surface area contributed by atoms with Crippen LogP contribution in [0.4, 0.5) is 0 Å². The predicted molar refractivity (Wildman–Crippen MR) is 53.6 cm³/mol. The summed E-state index contributed by atoms with van der Waals surface area (Å²) in [7, 11) is 0. The van der Waals surface area contributed by atoms with Gasteiger partial charge in [-0.1, -0.05) is 18.2 Å². The Morgan fingerprint density at radius 3 is 2.80 bits per heavy atom. The van der Waals surface area contributed by atoms with Crippen molar-refractivity contribution in [1.82, 2.24) is 0 Å². The van der Waals surface area contributed by atoms with Gasteiger partial charge >= 0.3 is 0 Å². The van der Waals surface area contributed by atoms with E-state index in [1.165, 1.54) is 6.92 Å². The second-order valence-corrected chi connectivity index (χ2v) is 3.16. The minimum absolute atomic E-state index is 0.0544. The number of carbonyl (C=O) groups excluding carboxylic acids is 1. The molecule has 0 spiro atoms. The highest BCUT2D eigenvalue weighted by Gasteiger charge is 2.07. The summed E-state index contributed by atoms with van der Waals surface area (Å²) in [6.07, 6.45) is 0. The number of carbonyl (C=O) groups is 1. The lowest BCUT2D eigenvalue weighted by Gasteiger charge is -1.99. The summed E-state index contributed by atoms with van der Waals surface area (Å²) in [4.78, 5) is 11.2. The standard InChI is InChI=1S/C11H9NO3/c1-7(13)9-6-8-4-2-3-5-10(8)15-11(9)12-14/h2-6,14H,1H3. The third-order valence-corrected chi connectivity index (χ3v) is 2.13. The minimum Gasteiger partial charge on any atom is -0.435 e. The molecule has 4 nitrogen and oxygen atoms in total. The second-order valence-electron chi connectivity index (χ2n) is 3.16. The molecule has 15 heavy (non-hydrogen) atoms. The number of fused-ring (bicyclic) bond motifs is 1. The quantitative estimate of drug-likeness (QED) is 0.437. The summed E-state index contributed by atoms with van der Waals surface area (Å²) in [5.74, 6) is -0.197. The van der Waals surface area contributed by atoms with Crippen molar-refractivity contribution in [2.24, 2.45) is 5.16 Å². The Morgan fingerprint density at radius 1 is 1.40 bits per heavy atom. The van der Waals surface area contributed by atoms with Gasteiger partial charge in [0.25, 0.3) is 5.55 Å². The first kappa shape index (κ1) is 9.45. The molecule has 2 aromatic rings. The number of hydrogen-bond donors (Lipinski definition) is 1. The van der Waals surface area contributed by atoms with E-state index in [-0.39, 0.29) is 16.9 Å². The van der Waals surface area contributed by atoms with Gasteiger partial charge in [0.2, 0.25) is 0 Å². The highest BCUT2D eigenvalue weighted by Crippen LogP contribution is 2.12. The third-order valence-electron chi connectivity index (χ3n) is 2.13. The smallest absolute Gasteiger partial charge is 0.266 e. The van der Waals surface area contributed by atoms with Crippen molar-refractivity contribution in [1.29, 1.82) is 0 Å². The van der Waals surface area contributed by atoms with Gasteiger partial charge in [0.1, 0.15) is 5.58 Å². The first-order valence-corrected chi connectivity index (χ1v) is 4.44. The molecule has 1 aromatic carbocycles. The van der Waals surface area contributed by atoms with Gasteiger partial charge in [0.05, 0.1) is 5.56 Å². The van der Waals surface area contributed by atoms with Crippen LogP contribution >= 0.6 is 0 Å². The van der Waals surface area contributed by atoms with Crippen LogP contribution in [0.5, 0.6) is 0 Å². The normalized spacial score (nSPS) is 11.9. The van der Waals surface area contributed by atoms with E-state index in [4.69, 9.17) is 9.62 Å². The van der Waals surface area contributed by atoms with Crippen LogP contribution in [-0.2, 0) is 0 Å². The van der Waals surface area contributed by atoms with Crippen LogP contribution in [0.15, 0.2) is 39.9 Å². The fourth-order valence-corrected chi connectivity index (χ4v) is 1.40. The van der Waals surface area contributed by atoms with E-state index in [0.717, 1.165) is 5.39 Å². The van der Waals surface area contributed by atoms with E-state index in [9.17, 15) is 4.79 Å². The molecule has 4 heteroatoms. The molecule has 1 heterocycles. The molecule has 0 bridgehead atoms. The number of Topliss-reactive ketones (excluding diaryl/α,β-unsaturated/α-hetero) is 1. The topological polar surface area (TPSA) is 62.8 Å². The summed E-state index contributed by atoms with van der Waals surface area (Å²) in [6.45, 7) is 1.40. The summed E-state index contributed by atoms with van der Waals surface area (Å²) < 4.78 is 5.27. The molecular weight excluding hydrogens is 194 g/mol. The average molecular weight is 203 g/mol. The zero-order valence-electron chi connectivity index (χ0n) is 8.10. The van der Waals surface area contributed by atoms with Gasteiger partial charge in [0, 0.05) is 5.39 Å². The van der Waals surface area contributed by atoms with E-state index in [1.807, 2.05) is 12.1 Å². The van der Waals surface area contributed by atoms with Crippen LogP contribution in [0.3, 0.4) is 0 Å². The monoisotopic (exact) mass is 203 g/mol. The van der Waals surface area contributed by atoms with Crippen LogP contribution < -0.4 is 5.55 Å². The molecule has 0 saturated heterocycles. The molecule has 0 fully saturated rings. The Hall–Kier alpha value is -2.10. The first-order valence-electron chi connectivity index (χ1n) is 4.44. The molecule has 2 rings (SSSR count). The van der Waals surface area contributed by atoms with Crippen LogP contribution in [0.2, 0.25) is 0 Å². The van der Waals surface area contributed by atoms with Gasteiger partial charge in [-0.3, -0.25) is 4.79 Å². The van der Waals surface area contributed by atoms with Gasteiger partial charge in [-0.2, -0.15) is 0 Å². The molecule has 76 valence electrons. The Morgan fingerprint density at radius 2 is 2.13 bits per heavy atom. The predicted octanol–water partition coefficient (Wildman–Crippen LogP) is 1.93. The van der Waals surface area contributed by atoms with Crippen molar-refractivity contribution in [3.8, 4) is 0 Å². The molecule has 1 N–H and O–H groups in total. The lowest BCUT2D eigenvalue weighted by Crippen LogP contribution is -2.12. The Labute approximate surface area is 85.5 Å². The second kappa shape index (κ2) is 3.57. The van der Waals surface area contributed by atoms with Crippen LogP contribution in [0.1, 0.15) is 17.3 Å². The van der Waals surface area contributed by atoms with Crippen LogP contribution in [0.25, 0.3) is 11.0 Å². The first-order chi connectivity index (χ1) is 7.22. The van der Waals surface area contributed by atoms with Crippen molar-refractivity contribution < 1.29 is 14.4 Å². The van der Waals surface area contributed by atoms with Gasteiger partial charge in [0.15, 0.2) is 5.78 Å². The largest absolute Gasteiger partial charge is 0.435 e. The maximum Gasteiger partial charge on any atom is 0.266 e. The third kappa shape index (κ3) is 1.61. The molecule has 1 aromatic heterocycles. The highest BCUT2D eigenvalue weighted by molar-refractivity contribution is 5.96. The molecule has 0 unspecified atom stereocenters. The van der Waals surface area contributed by atoms with E-state index in [0.29, 0.717) is 5.58 Å². The van der Waals surface area contributed by atoms with Gasteiger partial charge in [-0.25, -0.2) is 0 Å². The summed E-state index contributed by atoms with van der Waals surface area (Å²) in [6, 6.07) is 8.87. The van der Waals surface area contributed by atoms with E-state index >= 15 is 0 Å². The SMILES string of the molecule is CC(=O)c1cc2ccccc2oc1=NO. The number of benzene rings is 1. The maximum atomic E-state index is 11.2. The fraction of sp³-hybridized carbons (Fsp3) is 0.0909. The lowest BCUT2D eigenvalue weighted by atomic mass is 10.1. The van der Waals surface area contributed by atoms with Gasteiger partial charge in [-0.15, -0.1) is 0 Å². The van der Waals surface area contributed by atoms with Gasteiger partial charge in [-0.05, 0) is 24.2 Å². The summed E-state index contributed by atoms with van der Waals surface area (Å²) in [5, 5.41) is 12.5. The fourth-order valence-electron chi connectivity index (χ4n) is 1.40. The van der Waals surface area contributed by atoms with E-state index in [2.05, 4.69) is 5.16 Å². The van der Waals surface area contributed by atoms with Crippen molar-refractivity contribution in [3.05, 3.63) is 41.4 Å². The van der Waals surface area contributed by atoms with E-state index in [1.54, 1.807) is 18.2 Å². The number of ketones is 1. The minimum atomic E-state index is -0.197. The number of para-hydroxylation sites is 1. The summed E-state index contributed by atoms with van der Waals surface area (Å²) >= 11 is 0. The maximum absolute atomic E-state index is 11.2. The molecule has 0 radical (unpaired) electrons. The molecule has 0 saturated carbocycles. The molecule has 0 amide bonds. The van der Waals surface area contributed by atoms with Crippen molar-refractivity contribution in [3.63, 3.8) is 0 Å². The lowest BCUT2D eigenvalue weighted by molar-refractivity contribution is 0.101. The van der Waals surface area contributed by atoms with Crippen LogP contribution in [0, 0.1) is 0 Å². The molecular formula is C11H9NO3. The molecule has 0 aliphatic carbocycles. The average Bonchev–Trinajstić information content (AvgIpc) is 2.27. The Balaban J connectivity index is 2.87. The summed E-state index contributed by atoms with van der Waals surface area (Å²) in [5.41, 5.74) is 0.799. The number of nitrogens with zero attached hydrogens (tertiary/aromatic N) is 1. The Kier molecular flexibility index (Phi) is 2.25. The zero-order valence-corrected chi connectivity index (χ0v) is 8.10. The number of hydrogen-bond acceptors (Lipinski definition) is 4. The molecule has 0 aliphatic heterocycles. The molecule has 0 aliphatic rings. The Bertz CT molecular complexity index is 584. The highest BCUT2D eigenvalue weighted by atomic mass is 16.5. The van der Waals surface area contributed by atoms with E-state index < -0.39 is 0 Å². The van der Waals surface area contributed by atoms with Crippen molar-refractivity contribution in [2.45, 2.75) is 6.92 Å². The van der Waals surface area contributed by atoms with Crippen molar-refractivity contribution >= 4 is 16.8 Å². The van der Waals surface area contributed by atoms with Crippen LogP contribution in [-0.4, -0.2) is 11.0 Å². The van der Waals surface area contributed by atoms with Crippen molar-refractivity contribution in [2.75, 3.05) is 0 Å². The zero-order chi connectivity index (χ0) is 10.8.